The first-order valence-corrected chi connectivity index (χ1v) is 12.6. The van der Waals surface area contributed by atoms with Crippen LogP contribution in [-0.4, -0.2) is 26.4 Å². The molecule has 3 aromatic rings. The smallest absolute Gasteiger partial charge is 0.230 e. The number of hydrogen-bond donors (Lipinski definition) is 1. The fraction of sp³-hybridized carbons (Fsp3) is 0.435. The second-order valence-corrected chi connectivity index (χ2v) is 10.1. The fourth-order valence-electron chi connectivity index (χ4n) is 4.13. The third-order valence-corrected chi connectivity index (χ3v) is 7.71. The number of carbonyl (C=O) groups excluding carboxylic acids is 1. The van der Waals surface area contributed by atoms with Gasteiger partial charge in [0.1, 0.15) is 0 Å². The zero-order chi connectivity index (χ0) is 20.5. The molecule has 1 amide bonds. The lowest BCUT2D eigenvalue weighted by atomic mass is 9.89. The highest BCUT2D eigenvalue weighted by Crippen LogP contribution is 2.41. The summed E-state index contributed by atoms with van der Waals surface area (Å²) in [5.74, 6) is 1.32. The zero-order valence-corrected chi connectivity index (χ0v) is 18.8. The van der Waals surface area contributed by atoms with E-state index in [4.69, 9.17) is 0 Å². The summed E-state index contributed by atoms with van der Waals surface area (Å²) >= 11 is 3.16. The van der Waals surface area contributed by atoms with Crippen LogP contribution in [0.15, 0.2) is 40.9 Å². The molecular weight excluding hydrogens is 412 g/mol. The van der Waals surface area contributed by atoms with Gasteiger partial charge in [0, 0.05) is 6.04 Å². The topological polar surface area (TPSA) is 59.8 Å². The first kappa shape index (κ1) is 19.8. The molecule has 5 nitrogen and oxygen atoms in total. The van der Waals surface area contributed by atoms with Gasteiger partial charge >= 0.3 is 0 Å². The molecule has 0 bridgehead atoms. The number of hydrogen-bond acceptors (Lipinski definition) is 5. The van der Waals surface area contributed by atoms with Crippen LogP contribution in [0.2, 0.25) is 0 Å². The minimum atomic E-state index is 0.00769. The molecule has 5 rings (SSSR count). The minimum Gasteiger partial charge on any atom is -0.349 e. The summed E-state index contributed by atoms with van der Waals surface area (Å²) in [6.45, 7) is 2.06. The Labute approximate surface area is 185 Å². The fourth-order valence-corrected chi connectivity index (χ4v) is 5.65. The van der Waals surface area contributed by atoms with Gasteiger partial charge in [0.2, 0.25) is 5.91 Å². The standard InChI is InChI=1S/C23H26N4OS2/c1-15(17-9-8-16-5-2-3-6-18(16)13-17)24-21(28)14-30-23-26-25-22(20-7-4-12-29-20)27(23)19-10-11-19/h4,7-9,12-13,15,19H,2-3,5-6,10-11,14H2,1H3,(H,24,28). The number of nitrogens with one attached hydrogen (secondary N) is 1. The number of benzene rings is 1. The van der Waals surface area contributed by atoms with Crippen molar-refractivity contribution >= 4 is 29.0 Å². The van der Waals surface area contributed by atoms with Gasteiger partial charge in [-0.05, 0) is 73.6 Å². The van der Waals surface area contributed by atoms with Gasteiger partial charge in [-0.25, -0.2) is 0 Å². The van der Waals surface area contributed by atoms with Crippen LogP contribution in [0.1, 0.15) is 61.4 Å². The highest BCUT2D eigenvalue weighted by Gasteiger charge is 2.30. The predicted molar refractivity (Wildman–Crippen MR) is 122 cm³/mol. The number of aryl methyl sites for hydroxylation is 2. The van der Waals surface area contributed by atoms with E-state index in [9.17, 15) is 4.79 Å². The number of thioether (sulfide) groups is 1. The Balaban J connectivity index is 1.23. The Hall–Kier alpha value is -2.12. The Morgan fingerprint density at radius 1 is 1.23 bits per heavy atom. The SMILES string of the molecule is CC(NC(=O)CSc1nnc(-c2cccs2)n1C1CC1)c1ccc2c(c1)CCCC2. The molecule has 156 valence electrons. The molecule has 0 radical (unpaired) electrons. The normalized spacial score (nSPS) is 16.8. The van der Waals surface area contributed by atoms with Gasteiger partial charge in [-0.1, -0.05) is 36.0 Å². The largest absolute Gasteiger partial charge is 0.349 e. The van der Waals surface area contributed by atoms with E-state index >= 15 is 0 Å². The van der Waals surface area contributed by atoms with Crippen molar-refractivity contribution in [1.29, 1.82) is 0 Å². The maximum Gasteiger partial charge on any atom is 0.230 e. The average Bonchev–Trinajstić information content (AvgIpc) is 3.28. The van der Waals surface area contributed by atoms with Gasteiger partial charge in [0.05, 0.1) is 16.7 Å². The molecule has 1 saturated carbocycles. The minimum absolute atomic E-state index is 0.00769. The lowest BCUT2D eigenvalue weighted by Crippen LogP contribution is -2.28. The van der Waals surface area contributed by atoms with Gasteiger partial charge in [-0.2, -0.15) is 0 Å². The summed E-state index contributed by atoms with van der Waals surface area (Å²) in [6, 6.07) is 11.3. The van der Waals surface area contributed by atoms with E-state index in [1.807, 2.05) is 6.07 Å². The van der Waals surface area contributed by atoms with Crippen molar-refractivity contribution in [2.24, 2.45) is 0 Å². The number of thiophene rings is 1. The van der Waals surface area contributed by atoms with E-state index in [1.54, 1.807) is 11.3 Å². The highest BCUT2D eigenvalue weighted by molar-refractivity contribution is 7.99. The first-order chi connectivity index (χ1) is 14.7. The van der Waals surface area contributed by atoms with Crippen LogP contribution < -0.4 is 5.32 Å². The number of rotatable bonds is 7. The molecule has 1 aromatic carbocycles. The van der Waals surface area contributed by atoms with E-state index in [0.717, 1.165) is 35.1 Å². The van der Waals surface area contributed by atoms with Crippen LogP contribution in [0.5, 0.6) is 0 Å². The molecule has 30 heavy (non-hydrogen) atoms. The molecule has 2 aliphatic rings. The summed E-state index contributed by atoms with van der Waals surface area (Å²) in [7, 11) is 0. The number of fused-ring (bicyclic) bond motifs is 1. The number of aromatic nitrogens is 3. The average molecular weight is 439 g/mol. The molecule has 7 heteroatoms. The molecule has 2 aliphatic carbocycles. The molecule has 2 heterocycles. The van der Waals surface area contributed by atoms with Crippen molar-refractivity contribution in [3.63, 3.8) is 0 Å². The van der Waals surface area contributed by atoms with E-state index in [2.05, 4.69) is 56.7 Å². The van der Waals surface area contributed by atoms with Crippen LogP contribution in [0.3, 0.4) is 0 Å². The van der Waals surface area contributed by atoms with E-state index in [1.165, 1.54) is 47.7 Å². The van der Waals surface area contributed by atoms with Gasteiger partial charge < -0.3 is 5.32 Å². The Kier molecular flexibility index (Phi) is 5.65. The molecule has 0 aliphatic heterocycles. The molecule has 0 spiro atoms. The summed E-state index contributed by atoms with van der Waals surface area (Å²) in [6.07, 6.45) is 7.21. The van der Waals surface area contributed by atoms with Crippen LogP contribution >= 0.6 is 23.1 Å². The molecule has 1 unspecified atom stereocenters. The molecule has 2 aromatic heterocycles. The third-order valence-electron chi connectivity index (χ3n) is 5.90. The summed E-state index contributed by atoms with van der Waals surface area (Å²) in [5.41, 5.74) is 4.11. The second-order valence-electron chi connectivity index (χ2n) is 8.20. The van der Waals surface area contributed by atoms with Crippen molar-refractivity contribution in [2.45, 2.75) is 62.7 Å². The molecule has 1 fully saturated rings. The molecule has 1 N–H and O–H groups in total. The molecular formula is C23H26N4OS2. The highest BCUT2D eigenvalue weighted by atomic mass is 32.2. The van der Waals surface area contributed by atoms with Crippen LogP contribution in [-0.2, 0) is 17.6 Å². The quantitative estimate of drug-likeness (QED) is 0.516. The van der Waals surface area contributed by atoms with Crippen molar-refractivity contribution in [3.8, 4) is 10.7 Å². The number of nitrogens with zero attached hydrogens (tertiary/aromatic N) is 3. The van der Waals surface area contributed by atoms with Crippen LogP contribution in [0.4, 0.5) is 0 Å². The van der Waals surface area contributed by atoms with Crippen molar-refractivity contribution in [2.75, 3.05) is 5.75 Å². The Morgan fingerprint density at radius 3 is 2.83 bits per heavy atom. The van der Waals surface area contributed by atoms with Gasteiger partial charge in [-0.3, -0.25) is 9.36 Å². The lowest BCUT2D eigenvalue weighted by molar-refractivity contribution is -0.119. The Bertz CT molecular complexity index is 1040. The zero-order valence-electron chi connectivity index (χ0n) is 17.1. The summed E-state index contributed by atoms with van der Waals surface area (Å²) in [5, 5.41) is 14.9. The van der Waals surface area contributed by atoms with E-state index in [0.29, 0.717) is 11.8 Å². The molecule has 1 atom stereocenters. The van der Waals surface area contributed by atoms with Crippen LogP contribution in [0, 0.1) is 0 Å². The van der Waals surface area contributed by atoms with E-state index in [-0.39, 0.29) is 11.9 Å². The van der Waals surface area contributed by atoms with Crippen molar-refractivity contribution in [3.05, 3.63) is 52.4 Å². The van der Waals surface area contributed by atoms with E-state index < -0.39 is 0 Å². The number of carbonyl (C=O) groups is 1. The molecule has 0 saturated heterocycles. The maximum atomic E-state index is 12.6. The lowest BCUT2D eigenvalue weighted by Gasteiger charge is -2.20. The maximum absolute atomic E-state index is 12.6. The Morgan fingerprint density at radius 2 is 2.07 bits per heavy atom. The van der Waals surface area contributed by atoms with Gasteiger partial charge in [-0.15, -0.1) is 21.5 Å². The van der Waals surface area contributed by atoms with Crippen molar-refractivity contribution in [1.82, 2.24) is 20.1 Å². The monoisotopic (exact) mass is 438 g/mol. The van der Waals surface area contributed by atoms with Gasteiger partial charge in [0.25, 0.3) is 0 Å². The summed E-state index contributed by atoms with van der Waals surface area (Å²) in [4.78, 5) is 13.8. The second kappa shape index (κ2) is 8.55. The third kappa shape index (κ3) is 4.18. The van der Waals surface area contributed by atoms with Gasteiger partial charge in [0.15, 0.2) is 11.0 Å². The number of amides is 1. The first-order valence-electron chi connectivity index (χ1n) is 10.7. The van der Waals surface area contributed by atoms with Crippen molar-refractivity contribution < 1.29 is 4.79 Å². The summed E-state index contributed by atoms with van der Waals surface area (Å²) < 4.78 is 2.22. The van der Waals surface area contributed by atoms with Crippen LogP contribution in [0.25, 0.3) is 10.7 Å². The predicted octanol–water partition coefficient (Wildman–Crippen LogP) is 5.19.